The van der Waals surface area contributed by atoms with Crippen LogP contribution in [-0.2, 0) is 10.0 Å². The summed E-state index contributed by atoms with van der Waals surface area (Å²) in [5, 5.41) is 0. The molecule has 0 aromatic heterocycles. The standard InChI is InChI=1S/C15H17BrN2O2S/c1-11-6-4-5-7-15(11)21(19,20)17-13-10-12(16)8-9-14(13)18(2)3/h4-10,17H,1-3H3. The van der Waals surface area contributed by atoms with E-state index in [1.165, 1.54) is 0 Å². The average molecular weight is 369 g/mol. The SMILES string of the molecule is Cc1ccccc1S(=O)(=O)Nc1cc(Br)ccc1N(C)C. The zero-order valence-electron chi connectivity index (χ0n) is 12.1. The summed E-state index contributed by atoms with van der Waals surface area (Å²) in [6.07, 6.45) is 0. The highest BCUT2D eigenvalue weighted by Gasteiger charge is 2.18. The van der Waals surface area contributed by atoms with Crippen LogP contribution < -0.4 is 9.62 Å². The Balaban J connectivity index is 2.47. The molecule has 0 saturated heterocycles. The van der Waals surface area contributed by atoms with Crippen molar-refractivity contribution in [2.75, 3.05) is 23.7 Å². The number of aryl methyl sites for hydroxylation is 1. The van der Waals surface area contributed by atoms with Crippen LogP contribution in [0, 0.1) is 6.92 Å². The number of hydrogen-bond donors (Lipinski definition) is 1. The largest absolute Gasteiger partial charge is 0.376 e. The van der Waals surface area contributed by atoms with Crippen molar-refractivity contribution in [3.8, 4) is 0 Å². The number of hydrogen-bond acceptors (Lipinski definition) is 3. The van der Waals surface area contributed by atoms with Gasteiger partial charge in [0.25, 0.3) is 10.0 Å². The van der Waals surface area contributed by atoms with Gasteiger partial charge in [-0.1, -0.05) is 34.1 Å². The lowest BCUT2D eigenvalue weighted by molar-refractivity contribution is 0.600. The smallest absolute Gasteiger partial charge is 0.262 e. The van der Waals surface area contributed by atoms with Gasteiger partial charge in [-0.2, -0.15) is 0 Å². The number of nitrogens with one attached hydrogen (secondary N) is 1. The van der Waals surface area contributed by atoms with Gasteiger partial charge in [0, 0.05) is 18.6 Å². The van der Waals surface area contributed by atoms with Gasteiger partial charge >= 0.3 is 0 Å². The van der Waals surface area contributed by atoms with Crippen LogP contribution in [0.3, 0.4) is 0 Å². The molecule has 112 valence electrons. The molecular weight excluding hydrogens is 352 g/mol. The summed E-state index contributed by atoms with van der Waals surface area (Å²) in [6.45, 7) is 1.78. The van der Waals surface area contributed by atoms with Crippen molar-refractivity contribution >= 4 is 37.3 Å². The maximum Gasteiger partial charge on any atom is 0.262 e. The molecule has 0 fully saturated rings. The number of sulfonamides is 1. The summed E-state index contributed by atoms with van der Waals surface area (Å²) in [5.41, 5.74) is 2.05. The minimum Gasteiger partial charge on any atom is -0.376 e. The van der Waals surface area contributed by atoms with Gasteiger partial charge in [0.05, 0.1) is 16.3 Å². The topological polar surface area (TPSA) is 49.4 Å². The van der Waals surface area contributed by atoms with E-state index >= 15 is 0 Å². The Morgan fingerprint density at radius 2 is 1.76 bits per heavy atom. The van der Waals surface area contributed by atoms with Crippen molar-refractivity contribution in [2.45, 2.75) is 11.8 Å². The van der Waals surface area contributed by atoms with Crippen molar-refractivity contribution in [2.24, 2.45) is 0 Å². The first-order chi connectivity index (χ1) is 9.81. The molecule has 0 radical (unpaired) electrons. The Kier molecular flexibility index (Phi) is 4.58. The number of rotatable bonds is 4. The van der Waals surface area contributed by atoms with Crippen LogP contribution in [0.25, 0.3) is 0 Å². The number of anilines is 2. The van der Waals surface area contributed by atoms with E-state index in [4.69, 9.17) is 0 Å². The predicted octanol–water partition coefficient (Wildman–Crippen LogP) is 3.62. The van der Waals surface area contributed by atoms with E-state index in [0.717, 1.165) is 10.2 Å². The Hall–Kier alpha value is -1.53. The van der Waals surface area contributed by atoms with Crippen LogP contribution in [0.2, 0.25) is 0 Å². The molecule has 1 N–H and O–H groups in total. The second kappa shape index (κ2) is 6.07. The maximum absolute atomic E-state index is 12.6. The quantitative estimate of drug-likeness (QED) is 0.896. The van der Waals surface area contributed by atoms with Crippen molar-refractivity contribution in [1.82, 2.24) is 0 Å². The van der Waals surface area contributed by atoms with Crippen LogP contribution in [0.1, 0.15) is 5.56 Å². The van der Waals surface area contributed by atoms with Crippen molar-refractivity contribution in [3.63, 3.8) is 0 Å². The average Bonchev–Trinajstić information content (AvgIpc) is 2.38. The van der Waals surface area contributed by atoms with E-state index in [2.05, 4.69) is 20.7 Å². The monoisotopic (exact) mass is 368 g/mol. The fourth-order valence-corrected chi connectivity index (χ4v) is 3.71. The summed E-state index contributed by atoms with van der Waals surface area (Å²) < 4.78 is 28.6. The molecule has 2 aromatic carbocycles. The first-order valence-electron chi connectivity index (χ1n) is 6.36. The molecule has 0 unspecified atom stereocenters. The van der Waals surface area contributed by atoms with Crippen LogP contribution in [0.15, 0.2) is 51.8 Å². The summed E-state index contributed by atoms with van der Waals surface area (Å²) in [5.74, 6) is 0. The molecule has 0 spiro atoms. The lowest BCUT2D eigenvalue weighted by Crippen LogP contribution is -2.18. The highest BCUT2D eigenvalue weighted by Crippen LogP contribution is 2.30. The van der Waals surface area contributed by atoms with Gasteiger partial charge in [-0.15, -0.1) is 0 Å². The Labute approximate surface area is 134 Å². The van der Waals surface area contributed by atoms with E-state index in [1.807, 2.05) is 37.2 Å². The first kappa shape index (κ1) is 15.9. The fraction of sp³-hybridized carbons (Fsp3) is 0.200. The maximum atomic E-state index is 12.6. The molecule has 0 aliphatic heterocycles. The van der Waals surface area contributed by atoms with Gasteiger partial charge in [0.1, 0.15) is 0 Å². The van der Waals surface area contributed by atoms with Gasteiger partial charge in [-0.3, -0.25) is 4.72 Å². The van der Waals surface area contributed by atoms with Gasteiger partial charge < -0.3 is 4.90 Å². The molecule has 0 aliphatic carbocycles. The molecule has 21 heavy (non-hydrogen) atoms. The van der Waals surface area contributed by atoms with Gasteiger partial charge in [-0.05, 0) is 36.8 Å². The van der Waals surface area contributed by atoms with E-state index < -0.39 is 10.0 Å². The summed E-state index contributed by atoms with van der Waals surface area (Å²) in [7, 11) is 0.125. The normalized spacial score (nSPS) is 11.2. The summed E-state index contributed by atoms with van der Waals surface area (Å²) in [6, 6.07) is 12.4. The van der Waals surface area contributed by atoms with Gasteiger partial charge in [0.15, 0.2) is 0 Å². The second-order valence-electron chi connectivity index (χ2n) is 4.93. The third kappa shape index (κ3) is 3.57. The van der Waals surface area contributed by atoms with Crippen molar-refractivity contribution in [3.05, 3.63) is 52.5 Å². The van der Waals surface area contributed by atoms with Crippen molar-refractivity contribution in [1.29, 1.82) is 0 Å². The molecule has 0 bridgehead atoms. The van der Waals surface area contributed by atoms with Crippen LogP contribution >= 0.6 is 15.9 Å². The molecule has 0 amide bonds. The minimum absolute atomic E-state index is 0.287. The van der Waals surface area contributed by atoms with Crippen LogP contribution in [-0.4, -0.2) is 22.5 Å². The number of benzene rings is 2. The van der Waals surface area contributed by atoms with Gasteiger partial charge in [-0.25, -0.2) is 8.42 Å². The predicted molar refractivity (Wildman–Crippen MR) is 90.5 cm³/mol. The lowest BCUT2D eigenvalue weighted by atomic mass is 10.2. The molecule has 2 aromatic rings. The lowest BCUT2D eigenvalue weighted by Gasteiger charge is -2.19. The zero-order chi connectivity index (χ0) is 15.6. The molecule has 0 atom stereocenters. The Morgan fingerprint density at radius 1 is 1.10 bits per heavy atom. The molecule has 0 saturated carbocycles. The molecule has 0 heterocycles. The minimum atomic E-state index is -3.61. The zero-order valence-corrected chi connectivity index (χ0v) is 14.5. The molecule has 6 heteroatoms. The number of halogens is 1. The molecule has 4 nitrogen and oxygen atoms in total. The third-order valence-electron chi connectivity index (χ3n) is 3.07. The molecule has 0 aliphatic rings. The Morgan fingerprint density at radius 3 is 2.38 bits per heavy atom. The number of nitrogens with zero attached hydrogens (tertiary/aromatic N) is 1. The summed E-state index contributed by atoms with van der Waals surface area (Å²) in [4.78, 5) is 2.15. The molecular formula is C15H17BrN2O2S. The summed E-state index contributed by atoms with van der Waals surface area (Å²) >= 11 is 3.37. The van der Waals surface area contributed by atoms with Crippen molar-refractivity contribution < 1.29 is 8.42 Å². The highest BCUT2D eigenvalue weighted by atomic mass is 79.9. The van der Waals surface area contributed by atoms with Crippen LogP contribution in [0.4, 0.5) is 11.4 Å². The first-order valence-corrected chi connectivity index (χ1v) is 8.64. The Bertz CT molecular complexity index is 758. The molecule has 2 rings (SSSR count). The fourth-order valence-electron chi connectivity index (χ4n) is 2.04. The third-order valence-corrected chi connectivity index (χ3v) is 5.09. The van der Waals surface area contributed by atoms with E-state index in [-0.39, 0.29) is 4.90 Å². The highest BCUT2D eigenvalue weighted by molar-refractivity contribution is 9.10. The van der Waals surface area contributed by atoms with E-state index in [9.17, 15) is 8.42 Å². The van der Waals surface area contributed by atoms with E-state index in [1.54, 1.807) is 31.2 Å². The van der Waals surface area contributed by atoms with Crippen LogP contribution in [0.5, 0.6) is 0 Å². The second-order valence-corrected chi connectivity index (χ2v) is 7.49. The van der Waals surface area contributed by atoms with E-state index in [0.29, 0.717) is 11.3 Å². The van der Waals surface area contributed by atoms with Gasteiger partial charge in [0.2, 0.25) is 0 Å².